The van der Waals surface area contributed by atoms with Crippen LogP contribution in [0.2, 0.25) is 0 Å². The molecule has 1 aliphatic rings. The van der Waals surface area contributed by atoms with Crippen LogP contribution in [0.3, 0.4) is 0 Å². The lowest BCUT2D eigenvalue weighted by molar-refractivity contribution is -0.114. The minimum Gasteiger partial charge on any atom is -0.396 e. The Hall–Kier alpha value is -2.26. The summed E-state index contributed by atoms with van der Waals surface area (Å²) in [6.07, 6.45) is 0.720. The largest absolute Gasteiger partial charge is 0.396 e. The maximum atomic E-state index is 12.9. The van der Waals surface area contributed by atoms with Crippen molar-refractivity contribution >= 4 is 21.6 Å². The van der Waals surface area contributed by atoms with Crippen molar-refractivity contribution in [3.8, 4) is 0 Å². The molecule has 156 valence electrons. The van der Waals surface area contributed by atoms with E-state index in [1.165, 1.54) is 24.6 Å². The van der Waals surface area contributed by atoms with Gasteiger partial charge in [0.2, 0.25) is 15.9 Å². The molecule has 0 unspecified atom stereocenters. The van der Waals surface area contributed by atoms with Gasteiger partial charge in [-0.2, -0.15) is 0 Å². The average molecular weight is 418 g/mol. The molecule has 2 aromatic rings. The van der Waals surface area contributed by atoms with Crippen LogP contribution in [-0.2, 0) is 21.4 Å². The zero-order valence-electron chi connectivity index (χ0n) is 16.4. The monoisotopic (exact) mass is 417 g/mol. The molecule has 1 saturated heterocycles. The van der Waals surface area contributed by atoms with Crippen molar-refractivity contribution in [1.82, 2.24) is 9.62 Å². The van der Waals surface area contributed by atoms with Crippen LogP contribution < -0.4 is 10.0 Å². The van der Waals surface area contributed by atoms with Crippen molar-refractivity contribution < 1.29 is 18.3 Å². The molecule has 0 spiro atoms. The summed E-state index contributed by atoms with van der Waals surface area (Å²) in [5.74, 6) is -0.347. The molecule has 3 N–H and O–H groups in total. The van der Waals surface area contributed by atoms with Gasteiger partial charge in [-0.3, -0.25) is 9.69 Å². The van der Waals surface area contributed by atoms with Crippen LogP contribution in [0.15, 0.2) is 59.5 Å². The standard InChI is InChI=1S/C21H27N3O4S/c1-16(26)22-19-7-9-20(10-8-19)29(27,28)23-21-14-24(12-11-18(21)15-25)13-17-5-3-2-4-6-17/h2-10,18,21,23,25H,11-15H2,1H3,(H,22,26)/t18-,21+/m1/s1. The normalized spacial score (nSPS) is 20.3. The highest BCUT2D eigenvalue weighted by molar-refractivity contribution is 7.89. The zero-order chi connectivity index (χ0) is 20.9. The lowest BCUT2D eigenvalue weighted by Crippen LogP contribution is -2.53. The van der Waals surface area contributed by atoms with Gasteiger partial charge in [-0.25, -0.2) is 13.1 Å². The number of hydrogen-bond donors (Lipinski definition) is 3. The van der Waals surface area contributed by atoms with E-state index in [4.69, 9.17) is 0 Å². The number of rotatable bonds is 7. The summed E-state index contributed by atoms with van der Waals surface area (Å²) < 4.78 is 28.5. The molecule has 3 rings (SSSR count). The number of piperidine rings is 1. The van der Waals surface area contributed by atoms with E-state index in [1.807, 2.05) is 30.3 Å². The van der Waals surface area contributed by atoms with Gasteiger partial charge in [0.25, 0.3) is 0 Å². The number of benzene rings is 2. The second-order valence-corrected chi connectivity index (χ2v) is 9.10. The number of aliphatic hydroxyl groups is 1. The summed E-state index contributed by atoms with van der Waals surface area (Å²) in [5.41, 5.74) is 1.71. The molecular formula is C21H27N3O4S. The molecule has 1 fully saturated rings. The van der Waals surface area contributed by atoms with E-state index in [0.29, 0.717) is 12.2 Å². The number of aliphatic hydroxyl groups excluding tert-OH is 1. The van der Waals surface area contributed by atoms with Gasteiger partial charge in [-0.15, -0.1) is 0 Å². The Morgan fingerprint density at radius 3 is 2.45 bits per heavy atom. The Balaban J connectivity index is 1.70. The molecule has 0 aromatic heterocycles. The first-order valence-electron chi connectivity index (χ1n) is 9.64. The van der Waals surface area contributed by atoms with Crippen LogP contribution in [0, 0.1) is 5.92 Å². The molecule has 2 aromatic carbocycles. The Kier molecular flexibility index (Phi) is 7.02. The van der Waals surface area contributed by atoms with E-state index >= 15 is 0 Å². The quantitative estimate of drug-likeness (QED) is 0.638. The van der Waals surface area contributed by atoms with Crippen molar-refractivity contribution in [2.75, 3.05) is 25.0 Å². The molecule has 0 saturated carbocycles. The summed E-state index contributed by atoms with van der Waals surface area (Å²) >= 11 is 0. The van der Waals surface area contributed by atoms with Gasteiger partial charge in [0, 0.05) is 44.3 Å². The van der Waals surface area contributed by atoms with Crippen molar-refractivity contribution in [3.63, 3.8) is 0 Å². The Bertz CT molecular complexity index is 917. The number of nitrogens with zero attached hydrogens (tertiary/aromatic N) is 1. The van der Waals surface area contributed by atoms with Gasteiger partial charge in [-0.05, 0) is 42.8 Å². The molecule has 1 aliphatic heterocycles. The van der Waals surface area contributed by atoms with Gasteiger partial charge >= 0.3 is 0 Å². The molecule has 7 nitrogen and oxygen atoms in total. The summed E-state index contributed by atoms with van der Waals surface area (Å²) in [6, 6.07) is 15.7. The molecule has 2 atom stereocenters. The molecule has 1 heterocycles. The maximum absolute atomic E-state index is 12.9. The van der Waals surface area contributed by atoms with Crippen LogP contribution in [0.1, 0.15) is 18.9 Å². The Morgan fingerprint density at radius 2 is 1.83 bits per heavy atom. The fraction of sp³-hybridized carbons (Fsp3) is 0.381. The van der Waals surface area contributed by atoms with Gasteiger partial charge in [0.05, 0.1) is 4.90 Å². The zero-order valence-corrected chi connectivity index (χ0v) is 17.2. The Morgan fingerprint density at radius 1 is 1.14 bits per heavy atom. The maximum Gasteiger partial charge on any atom is 0.240 e. The predicted octanol–water partition coefficient (Wildman–Crippen LogP) is 1.81. The second-order valence-electron chi connectivity index (χ2n) is 7.39. The van der Waals surface area contributed by atoms with E-state index in [0.717, 1.165) is 19.5 Å². The number of anilines is 1. The number of nitrogens with one attached hydrogen (secondary N) is 2. The van der Waals surface area contributed by atoms with Crippen molar-refractivity contribution in [2.45, 2.75) is 30.8 Å². The van der Waals surface area contributed by atoms with Gasteiger partial charge in [-0.1, -0.05) is 30.3 Å². The first-order valence-corrected chi connectivity index (χ1v) is 11.1. The van der Waals surface area contributed by atoms with E-state index in [-0.39, 0.29) is 29.4 Å². The molecule has 0 bridgehead atoms. The summed E-state index contributed by atoms with van der Waals surface area (Å²) in [6.45, 7) is 3.41. The summed E-state index contributed by atoms with van der Waals surface area (Å²) in [7, 11) is -3.74. The van der Waals surface area contributed by atoms with Gasteiger partial charge < -0.3 is 10.4 Å². The topological polar surface area (TPSA) is 98.7 Å². The molecule has 0 aliphatic carbocycles. The first-order chi connectivity index (χ1) is 13.9. The summed E-state index contributed by atoms with van der Waals surface area (Å²) in [4.78, 5) is 13.4. The third-order valence-corrected chi connectivity index (χ3v) is 6.62. The van der Waals surface area contributed by atoms with Crippen LogP contribution in [-0.4, -0.2) is 50.1 Å². The number of carbonyl (C=O) groups excluding carboxylic acids is 1. The van der Waals surface area contributed by atoms with Crippen molar-refractivity contribution in [2.24, 2.45) is 5.92 Å². The minimum absolute atomic E-state index is 0.0617. The number of carbonyl (C=O) groups is 1. The average Bonchev–Trinajstić information content (AvgIpc) is 2.69. The molecule has 8 heteroatoms. The van der Waals surface area contributed by atoms with Crippen LogP contribution >= 0.6 is 0 Å². The fourth-order valence-corrected chi connectivity index (χ4v) is 4.89. The lowest BCUT2D eigenvalue weighted by atomic mass is 9.93. The number of likely N-dealkylation sites (tertiary alicyclic amines) is 1. The molecule has 1 amide bonds. The first kappa shape index (κ1) is 21.4. The number of hydrogen-bond acceptors (Lipinski definition) is 5. The lowest BCUT2D eigenvalue weighted by Gasteiger charge is -2.38. The fourth-order valence-electron chi connectivity index (χ4n) is 3.59. The van der Waals surface area contributed by atoms with Crippen LogP contribution in [0.5, 0.6) is 0 Å². The van der Waals surface area contributed by atoms with Crippen LogP contribution in [0.4, 0.5) is 5.69 Å². The third-order valence-electron chi connectivity index (χ3n) is 5.12. The Labute approximate surface area is 171 Å². The highest BCUT2D eigenvalue weighted by Gasteiger charge is 2.32. The van der Waals surface area contributed by atoms with E-state index < -0.39 is 10.0 Å². The molecule has 29 heavy (non-hydrogen) atoms. The highest BCUT2D eigenvalue weighted by atomic mass is 32.2. The second kappa shape index (κ2) is 9.49. The van der Waals surface area contributed by atoms with E-state index in [9.17, 15) is 18.3 Å². The van der Waals surface area contributed by atoms with E-state index in [1.54, 1.807) is 12.1 Å². The van der Waals surface area contributed by atoms with E-state index in [2.05, 4.69) is 14.9 Å². The summed E-state index contributed by atoms with van der Waals surface area (Å²) in [5, 5.41) is 12.3. The van der Waals surface area contributed by atoms with Crippen LogP contribution in [0.25, 0.3) is 0 Å². The molecular weight excluding hydrogens is 390 g/mol. The smallest absolute Gasteiger partial charge is 0.240 e. The van der Waals surface area contributed by atoms with Crippen molar-refractivity contribution in [1.29, 1.82) is 0 Å². The van der Waals surface area contributed by atoms with Crippen molar-refractivity contribution in [3.05, 3.63) is 60.2 Å². The predicted molar refractivity (Wildman–Crippen MR) is 112 cm³/mol. The molecule has 0 radical (unpaired) electrons. The highest BCUT2D eigenvalue weighted by Crippen LogP contribution is 2.22. The van der Waals surface area contributed by atoms with Gasteiger partial charge in [0.15, 0.2) is 0 Å². The number of sulfonamides is 1. The SMILES string of the molecule is CC(=O)Nc1ccc(S(=O)(=O)N[C@H]2CN(Cc3ccccc3)CC[C@@H]2CO)cc1. The van der Waals surface area contributed by atoms with Gasteiger partial charge in [0.1, 0.15) is 0 Å². The number of amides is 1. The third kappa shape index (κ3) is 5.86. The minimum atomic E-state index is -3.74.